The maximum absolute atomic E-state index is 12.8. The normalized spacial score (nSPS) is 17.8. The van der Waals surface area contributed by atoms with Crippen molar-refractivity contribution < 1.29 is 9.59 Å². The largest absolute Gasteiger partial charge is 0.271 e. The third-order valence-electron chi connectivity index (χ3n) is 5.47. The Morgan fingerprint density at radius 3 is 2.20 bits per heavy atom. The Balaban J connectivity index is 1.52. The van der Waals surface area contributed by atoms with Crippen molar-refractivity contribution in [3.8, 4) is 0 Å². The standard InChI is InChI=1S/C22H23NO2/c24-21-19-14-13-17(12-11-16-7-3-1-4-8-16)15-20(19)22(25)23(21)18-9-5-2-6-10-18/h1,3-4,7-8,13-15,18H,2,5-6,9-12H2. The summed E-state index contributed by atoms with van der Waals surface area (Å²) in [7, 11) is 0. The topological polar surface area (TPSA) is 37.4 Å². The second kappa shape index (κ2) is 6.83. The van der Waals surface area contributed by atoms with Crippen LogP contribution in [0.4, 0.5) is 0 Å². The van der Waals surface area contributed by atoms with Gasteiger partial charge in [0.1, 0.15) is 0 Å². The number of nitrogens with zero attached hydrogens (tertiary/aromatic N) is 1. The molecule has 0 radical (unpaired) electrons. The minimum Gasteiger partial charge on any atom is -0.271 e. The highest BCUT2D eigenvalue weighted by Crippen LogP contribution is 2.31. The number of fused-ring (bicyclic) bond motifs is 1. The summed E-state index contributed by atoms with van der Waals surface area (Å²) in [5.41, 5.74) is 3.59. The maximum atomic E-state index is 12.8. The molecule has 0 bridgehead atoms. The van der Waals surface area contributed by atoms with E-state index in [0.717, 1.165) is 44.1 Å². The Morgan fingerprint density at radius 1 is 0.760 bits per heavy atom. The predicted octanol–water partition coefficient (Wildman–Crippen LogP) is 4.40. The lowest BCUT2D eigenvalue weighted by molar-refractivity contribution is 0.0549. The summed E-state index contributed by atoms with van der Waals surface area (Å²) in [5.74, 6) is -0.185. The molecule has 1 aliphatic heterocycles. The van der Waals surface area contributed by atoms with Gasteiger partial charge in [-0.3, -0.25) is 14.5 Å². The summed E-state index contributed by atoms with van der Waals surface area (Å²) >= 11 is 0. The smallest absolute Gasteiger partial charge is 0.261 e. The molecule has 2 amide bonds. The summed E-state index contributed by atoms with van der Waals surface area (Å²) in [4.78, 5) is 27.1. The Kier molecular flexibility index (Phi) is 4.39. The molecule has 0 spiro atoms. The van der Waals surface area contributed by atoms with Gasteiger partial charge in [-0.15, -0.1) is 0 Å². The first kappa shape index (κ1) is 16.1. The molecule has 2 aromatic rings. The molecule has 0 N–H and O–H groups in total. The second-order valence-corrected chi connectivity index (χ2v) is 7.14. The molecule has 0 unspecified atom stereocenters. The monoisotopic (exact) mass is 333 g/mol. The van der Waals surface area contributed by atoms with Crippen LogP contribution in [0.15, 0.2) is 48.5 Å². The third-order valence-corrected chi connectivity index (χ3v) is 5.47. The molecule has 1 heterocycles. The first-order valence-electron chi connectivity index (χ1n) is 9.29. The number of carbonyl (C=O) groups is 2. The molecule has 128 valence electrons. The van der Waals surface area contributed by atoms with Crippen molar-refractivity contribution >= 4 is 11.8 Å². The summed E-state index contributed by atoms with van der Waals surface area (Å²) in [6, 6.07) is 16.2. The predicted molar refractivity (Wildman–Crippen MR) is 97.7 cm³/mol. The molecule has 4 rings (SSSR count). The summed E-state index contributed by atoms with van der Waals surface area (Å²) in [6.45, 7) is 0. The number of aryl methyl sites for hydroxylation is 2. The van der Waals surface area contributed by atoms with Gasteiger partial charge >= 0.3 is 0 Å². The van der Waals surface area contributed by atoms with Crippen LogP contribution in [-0.4, -0.2) is 22.8 Å². The van der Waals surface area contributed by atoms with Gasteiger partial charge in [0.15, 0.2) is 0 Å². The van der Waals surface area contributed by atoms with E-state index < -0.39 is 0 Å². The number of rotatable bonds is 4. The lowest BCUT2D eigenvalue weighted by Gasteiger charge is -2.29. The molecule has 2 aliphatic rings. The highest BCUT2D eigenvalue weighted by Gasteiger charge is 2.40. The van der Waals surface area contributed by atoms with E-state index in [4.69, 9.17) is 0 Å². The molecule has 1 saturated carbocycles. The quantitative estimate of drug-likeness (QED) is 0.778. The molecule has 25 heavy (non-hydrogen) atoms. The molecule has 3 nitrogen and oxygen atoms in total. The van der Waals surface area contributed by atoms with E-state index >= 15 is 0 Å². The van der Waals surface area contributed by atoms with Gasteiger partial charge in [0.2, 0.25) is 0 Å². The fraction of sp³-hybridized carbons (Fsp3) is 0.364. The van der Waals surface area contributed by atoms with Gasteiger partial charge in [-0.2, -0.15) is 0 Å². The Bertz CT molecular complexity index is 791. The minimum atomic E-state index is -0.0958. The third kappa shape index (κ3) is 3.11. The van der Waals surface area contributed by atoms with Gasteiger partial charge in [-0.1, -0.05) is 55.7 Å². The molecular weight excluding hydrogens is 310 g/mol. The number of amides is 2. The van der Waals surface area contributed by atoms with Gasteiger partial charge in [0.25, 0.3) is 11.8 Å². The molecule has 0 saturated heterocycles. The van der Waals surface area contributed by atoms with Crippen molar-refractivity contribution in [2.45, 2.75) is 51.0 Å². The van der Waals surface area contributed by atoms with E-state index in [2.05, 4.69) is 12.1 Å². The number of carbonyl (C=O) groups excluding carboxylic acids is 2. The van der Waals surface area contributed by atoms with E-state index in [1.54, 1.807) is 0 Å². The number of hydrogen-bond donors (Lipinski definition) is 0. The first-order valence-corrected chi connectivity index (χ1v) is 9.29. The molecule has 1 fully saturated rings. The van der Waals surface area contributed by atoms with Crippen LogP contribution in [0.25, 0.3) is 0 Å². The van der Waals surface area contributed by atoms with E-state index in [1.165, 1.54) is 16.9 Å². The van der Waals surface area contributed by atoms with Crippen LogP contribution < -0.4 is 0 Å². The van der Waals surface area contributed by atoms with Crippen LogP contribution in [0.5, 0.6) is 0 Å². The SMILES string of the molecule is O=C1c2ccc(CCc3ccccc3)cc2C(=O)N1C1CCCCC1. The zero-order valence-corrected chi connectivity index (χ0v) is 14.4. The van der Waals surface area contributed by atoms with Gasteiger partial charge in [0.05, 0.1) is 11.1 Å². The molecule has 3 heteroatoms. The molecule has 0 aromatic heterocycles. The number of hydrogen-bond acceptors (Lipinski definition) is 2. The van der Waals surface area contributed by atoms with Crippen LogP contribution in [0, 0.1) is 0 Å². The van der Waals surface area contributed by atoms with Crippen LogP contribution in [-0.2, 0) is 12.8 Å². The fourth-order valence-corrected chi connectivity index (χ4v) is 4.07. The second-order valence-electron chi connectivity index (χ2n) is 7.14. The van der Waals surface area contributed by atoms with E-state index in [-0.39, 0.29) is 17.9 Å². The zero-order chi connectivity index (χ0) is 17.2. The van der Waals surface area contributed by atoms with Crippen LogP contribution in [0.2, 0.25) is 0 Å². The summed E-state index contributed by atoms with van der Waals surface area (Å²) in [5, 5.41) is 0. The first-order chi connectivity index (χ1) is 12.2. The van der Waals surface area contributed by atoms with E-state index in [1.807, 2.05) is 36.4 Å². The van der Waals surface area contributed by atoms with Crippen LogP contribution in [0.1, 0.15) is 63.9 Å². The zero-order valence-electron chi connectivity index (χ0n) is 14.4. The molecule has 1 aliphatic carbocycles. The van der Waals surface area contributed by atoms with E-state index in [0.29, 0.717) is 11.1 Å². The van der Waals surface area contributed by atoms with Crippen molar-refractivity contribution in [2.24, 2.45) is 0 Å². The van der Waals surface area contributed by atoms with Crippen molar-refractivity contribution in [3.63, 3.8) is 0 Å². The Morgan fingerprint density at radius 2 is 1.44 bits per heavy atom. The van der Waals surface area contributed by atoms with E-state index in [9.17, 15) is 9.59 Å². The van der Waals surface area contributed by atoms with Crippen molar-refractivity contribution in [1.29, 1.82) is 0 Å². The van der Waals surface area contributed by atoms with Crippen molar-refractivity contribution in [2.75, 3.05) is 0 Å². The Hall–Kier alpha value is -2.42. The Labute approximate surface area is 148 Å². The lowest BCUT2D eigenvalue weighted by Crippen LogP contribution is -2.40. The minimum absolute atomic E-state index is 0.0894. The lowest BCUT2D eigenvalue weighted by atomic mass is 9.94. The van der Waals surface area contributed by atoms with Crippen LogP contribution in [0.3, 0.4) is 0 Å². The van der Waals surface area contributed by atoms with Crippen molar-refractivity contribution in [1.82, 2.24) is 4.90 Å². The highest BCUT2D eigenvalue weighted by atomic mass is 16.2. The number of imide groups is 1. The van der Waals surface area contributed by atoms with Gasteiger partial charge in [0, 0.05) is 6.04 Å². The molecular formula is C22H23NO2. The van der Waals surface area contributed by atoms with Gasteiger partial charge in [-0.25, -0.2) is 0 Å². The molecule has 0 atom stereocenters. The number of benzene rings is 2. The van der Waals surface area contributed by atoms with Crippen LogP contribution >= 0.6 is 0 Å². The van der Waals surface area contributed by atoms with Gasteiger partial charge < -0.3 is 0 Å². The summed E-state index contributed by atoms with van der Waals surface area (Å²) in [6.07, 6.45) is 7.15. The highest BCUT2D eigenvalue weighted by molar-refractivity contribution is 6.21. The average molecular weight is 333 g/mol. The average Bonchev–Trinajstić information content (AvgIpc) is 2.92. The van der Waals surface area contributed by atoms with Crippen molar-refractivity contribution in [3.05, 3.63) is 70.8 Å². The maximum Gasteiger partial charge on any atom is 0.261 e. The van der Waals surface area contributed by atoms with Gasteiger partial charge in [-0.05, 0) is 48.9 Å². The molecule has 2 aromatic carbocycles. The fourth-order valence-electron chi connectivity index (χ4n) is 4.07. The summed E-state index contributed by atoms with van der Waals surface area (Å²) < 4.78 is 0.